The number of benzene rings is 2. The fourth-order valence-electron chi connectivity index (χ4n) is 3.79. The lowest BCUT2D eigenvalue weighted by Gasteiger charge is -2.29. The maximum Gasteiger partial charge on any atom is 0.159 e. The van der Waals surface area contributed by atoms with E-state index in [1.807, 2.05) is 36.4 Å². The Bertz CT molecular complexity index is 1060. The summed E-state index contributed by atoms with van der Waals surface area (Å²) in [4.78, 5) is 16.1. The van der Waals surface area contributed by atoms with Crippen LogP contribution in [0.3, 0.4) is 0 Å². The minimum Gasteiger partial charge on any atom is -0.510 e. The molecule has 2 atom stereocenters. The average Bonchev–Trinajstić information content (AvgIpc) is 3.21. The third kappa shape index (κ3) is 4.13. The maximum atomic E-state index is 12.1. The number of rotatable bonds is 4. The Labute approximate surface area is 175 Å². The Morgan fingerprint density at radius 3 is 2.53 bits per heavy atom. The van der Waals surface area contributed by atoms with Crippen molar-refractivity contribution < 1.29 is 14.6 Å². The van der Waals surface area contributed by atoms with Crippen molar-refractivity contribution in [1.29, 1.82) is 0 Å². The fraction of sp³-hybridized carbons (Fsp3) is 0.292. The number of allylic oxidation sites excluding steroid dienone is 2. The van der Waals surface area contributed by atoms with Gasteiger partial charge >= 0.3 is 0 Å². The molecule has 0 amide bonds. The second kappa shape index (κ2) is 7.78. The van der Waals surface area contributed by atoms with E-state index in [1.54, 1.807) is 11.0 Å². The van der Waals surface area contributed by atoms with Gasteiger partial charge in [0.25, 0.3) is 0 Å². The van der Waals surface area contributed by atoms with Gasteiger partial charge in [-0.15, -0.1) is 0 Å². The van der Waals surface area contributed by atoms with Crippen LogP contribution in [-0.2, 0) is 10.2 Å². The highest BCUT2D eigenvalue weighted by molar-refractivity contribution is 5.92. The van der Waals surface area contributed by atoms with Crippen LogP contribution < -0.4 is 4.74 Å². The number of ether oxygens (including phenoxy) is 1. The summed E-state index contributed by atoms with van der Waals surface area (Å²) in [5.41, 5.74) is 2.22. The third-order valence-corrected chi connectivity index (χ3v) is 5.38. The van der Waals surface area contributed by atoms with Crippen LogP contribution in [0.25, 0.3) is 0 Å². The van der Waals surface area contributed by atoms with E-state index in [4.69, 9.17) is 4.74 Å². The molecule has 0 radical (unpaired) electrons. The monoisotopic (exact) mass is 403 g/mol. The highest BCUT2D eigenvalue weighted by Gasteiger charge is 2.34. The summed E-state index contributed by atoms with van der Waals surface area (Å²) in [6, 6.07) is 15.2. The summed E-state index contributed by atoms with van der Waals surface area (Å²) in [5.74, 6) is 1.03. The molecule has 0 fully saturated rings. The molecule has 6 heteroatoms. The van der Waals surface area contributed by atoms with Crippen LogP contribution in [0.15, 0.2) is 73.0 Å². The summed E-state index contributed by atoms with van der Waals surface area (Å²) < 4.78 is 7.65. The van der Waals surface area contributed by atoms with Crippen molar-refractivity contribution >= 4 is 5.78 Å². The minimum atomic E-state index is -0.480. The van der Waals surface area contributed by atoms with Crippen molar-refractivity contribution in [2.24, 2.45) is 0 Å². The number of aliphatic hydroxyl groups is 1. The molecule has 1 heterocycles. The zero-order valence-corrected chi connectivity index (χ0v) is 17.3. The van der Waals surface area contributed by atoms with Crippen LogP contribution in [0.1, 0.15) is 50.3 Å². The van der Waals surface area contributed by atoms with E-state index < -0.39 is 6.04 Å². The summed E-state index contributed by atoms with van der Waals surface area (Å²) in [6.45, 7) is 6.52. The van der Waals surface area contributed by atoms with Gasteiger partial charge in [0.15, 0.2) is 5.78 Å². The number of aromatic nitrogens is 3. The first-order chi connectivity index (χ1) is 14.3. The zero-order chi connectivity index (χ0) is 21.3. The van der Waals surface area contributed by atoms with Gasteiger partial charge < -0.3 is 9.84 Å². The van der Waals surface area contributed by atoms with Crippen molar-refractivity contribution in [3.8, 4) is 11.5 Å². The van der Waals surface area contributed by atoms with E-state index in [9.17, 15) is 9.90 Å². The van der Waals surface area contributed by atoms with Crippen LogP contribution in [0.2, 0.25) is 0 Å². The van der Waals surface area contributed by atoms with Gasteiger partial charge in [-0.05, 0) is 40.8 Å². The summed E-state index contributed by atoms with van der Waals surface area (Å²) in [5, 5.41) is 14.6. The SMILES string of the molecule is CC(C)(C)c1ccc(Oc2cccc([C@H]3CC(=O)C=C(O)[C@@H]3n3cncn3)c2)cc1. The van der Waals surface area contributed by atoms with Crippen LogP contribution in [0.5, 0.6) is 11.5 Å². The molecule has 2 aromatic carbocycles. The standard InChI is InChI=1S/C24H25N3O3/c1-24(2,3)17-7-9-19(10-8-17)30-20-6-4-5-16(11-20)21-12-18(28)13-22(29)23(21)27-15-25-14-26-27/h4-11,13-15,21,23,29H,12H2,1-3H3/t21-,23-/m1/s1. The molecule has 0 bridgehead atoms. The first kappa shape index (κ1) is 19.9. The molecule has 1 aliphatic rings. The van der Waals surface area contributed by atoms with Gasteiger partial charge in [0.1, 0.15) is 36.0 Å². The van der Waals surface area contributed by atoms with Gasteiger partial charge in [0, 0.05) is 18.4 Å². The van der Waals surface area contributed by atoms with Crippen molar-refractivity contribution in [2.45, 2.75) is 44.6 Å². The van der Waals surface area contributed by atoms with Gasteiger partial charge in [-0.3, -0.25) is 4.79 Å². The van der Waals surface area contributed by atoms with E-state index in [2.05, 4.69) is 43.0 Å². The van der Waals surface area contributed by atoms with Crippen molar-refractivity contribution in [1.82, 2.24) is 14.8 Å². The van der Waals surface area contributed by atoms with E-state index in [0.717, 1.165) is 11.3 Å². The molecule has 30 heavy (non-hydrogen) atoms. The molecule has 1 aromatic heterocycles. The Morgan fingerprint density at radius 2 is 1.87 bits per heavy atom. The summed E-state index contributed by atoms with van der Waals surface area (Å²) >= 11 is 0. The van der Waals surface area contributed by atoms with E-state index in [0.29, 0.717) is 5.75 Å². The van der Waals surface area contributed by atoms with Gasteiger partial charge in [0.05, 0.1) is 0 Å². The van der Waals surface area contributed by atoms with E-state index in [-0.39, 0.29) is 29.3 Å². The van der Waals surface area contributed by atoms with E-state index in [1.165, 1.54) is 18.0 Å². The van der Waals surface area contributed by atoms with Crippen LogP contribution in [-0.4, -0.2) is 25.7 Å². The molecule has 4 rings (SSSR count). The van der Waals surface area contributed by atoms with Crippen molar-refractivity contribution in [2.75, 3.05) is 0 Å². The molecule has 3 aromatic rings. The first-order valence-corrected chi connectivity index (χ1v) is 9.97. The van der Waals surface area contributed by atoms with Gasteiger partial charge in [-0.25, -0.2) is 9.67 Å². The normalized spacial score (nSPS) is 19.4. The number of ketones is 1. The number of aliphatic hydroxyl groups excluding tert-OH is 1. The molecule has 154 valence electrons. The lowest BCUT2D eigenvalue weighted by atomic mass is 9.82. The van der Waals surface area contributed by atoms with Gasteiger partial charge in [-0.1, -0.05) is 45.0 Å². The third-order valence-electron chi connectivity index (χ3n) is 5.38. The number of carbonyl (C=O) groups is 1. The first-order valence-electron chi connectivity index (χ1n) is 9.97. The van der Waals surface area contributed by atoms with Gasteiger partial charge in [0.2, 0.25) is 0 Å². The second-order valence-electron chi connectivity index (χ2n) is 8.62. The van der Waals surface area contributed by atoms with Gasteiger partial charge in [-0.2, -0.15) is 5.10 Å². The van der Waals surface area contributed by atoms with Crippen LogP contribution in [0.4, 0.5) is 0 Å². The number of hydrogen-bond donors (Lipinski definition) is 1. The van der Waals surface area contributed by atoms with Crippen LogP contribution in [0, 0.1) is 0 Å². The minimum absolute atomic E-state index is 0.00848. The number of hydrogen-bond acceptors (Lipinski definition) is 5. The average molecular weight is 403 g/mol. The van der Waals surface area contributed by atoms with Crippen molar-refractivity contribution in [3.63, 3.8) is 0 Å². The summed E-state index contributed by atoms with van der Waals surface area (Å²) in [6.07, 6.45) is 4.52. The summed E-state index contributed by atoms with van der Waals surface area (Å²) in [7, 11) is 0. The molecule has 0 saturated carbocycles. The highest BCUT2D eigenvalue weighted by Crippen LogP contribution is 2.40. The molecule has 6 nitrogen and oxygen atoms in total. The van der Waals surface area contributed by atoms with Crippen LogP contribution >= 0.6 is 0 Å². The molecular weight excluding hydrogens is 378 g/mol. The number of nitrogens with zero attached hydrogens (tertiary/aromatic N) is 3. The largest absolute Gasteiger partial charge is 0.510 e. The zero-order valence-electron chi connectivity index (χ0n) is 17.3. The predicted molar refractivity (Wildman–Crippen MR) is 114 cm³/mol. The highest BCUT2D eigenvalue weighted by atomic mass is 16.5. The molecule has 0 saturated heterocycles. The Kier molecular flexibility index (Phi) is 5.16. The second-order valence-corrected chi connectivity index (χ2v) is 8.62. The van der Waals surface area contributed by atoms with Crippen molar-refractivity contribution in [3.05, 3.63) is 84.1 Å². The molecule has 1 aliphatic carbocycles. The smallest absolute Gasteiger partial charge is 0.159 e. The molecule has 0 aliphatic heterocycles. The predicted octanol–water partition coefficient (Wildman–Crippen LogP) is 5.11. The lowest BCUT2D eigenvalue weighted by molar-refractivity contribution is -0.116. The molecule has 0 spiro atoms. The molecular formula is C24H25N3O3. The molecule has 1 N–H and O–H groups in total. The topological polar surface area (TPSA) is 77.2 Å². The van der Waals surface area contributed by atoms with E-state index >= 15 is 0 Å². The maximum absolute atomic E-state index is 12.1. The fourth-order valence-corrected chi connectivity index (χ4v) is 3.79. The Morgan fingerprint density at radius 1 is 1.10 bits per heavy atom. The Hall–Kier alpha value is -3.41. The number of carbonyl (C=O) groups excluding carboxylic acids is 1. The molecule has 0 unspecified atom stereocenters. The lowest BCUT2D eigenvalue weighted by Crippen LogP contribution is -2.27. The Balaban J connectivity index is 1.61. The quantitative estimate of drug-likeness (QED) is 0.655.